The number of urea groups is 1. The number of nitrogens with zero attached hydrogens (tertiary/aromatic N) is 2. The maximum atomic E-state index is 11.9. The highest BCUT2D eigenvalue weighted by Gasteiger charge is 2.23. The quantitative estimate of drug-likeness (QED) is 0.925. The van der Waals surface area contributed by atoms with Gasteiger partial charge in [0.25, 0.3) is 0 Å². The average Bonchev–Trinajstić information content (AvgIpc) is 2.53. The van der Waals surface area contributed by atoms with Crippen LogP contribution in [0.5, 0.6) is 5.75 Å². The molecule has 6 heteroatoms. The molecule has 1 fully saturated rings. The summed E-state index contributed by atoms with van der Waals surface area (Å²) >= 11 is 6.25. The predicted octanol–water partition coefficient (Wildman–Crippen LogP) is 2.58. The molecule has 1 aliphatic heterocycles. The van der Waals surface area contributed by atoms with Gasteiger partial charge in [0, 0.05) is 50.4 Å². The van der Waals surface area contributed by atoms with Crippen molar-refractivity contribution < 1.29 is 9.53 Å². The van der Waals surface area contributed by atoms with Gasteiger partial charge in [0.15, 0.2) is 0 Å². The van der Waals surface area contributed by atoms with Crippen LogP contribution in [-0.4, -0.2) is 56.2 Å². The first kappa shape index (κ1) is 16.9. The molecule has 0 bridgehead atoms. The Kier molecular flexibility index (Phi) is 5.91. The van der Waals surface area contributed by atoms with Gasteiger partial charge in [0.2, 0.25) is 0 Å². The van der Waals surface area contributed by atoms with Crippen LogP contribution in [0.15, 0.2) is 18.2 Å². The number of amides is 2. The summed E-state index contributed by atoms with van der Waals surface area (Å²) in [7, 11) is 5.23. The molecule has 22 heavy (non-hydrogen) atoms. The predicted molar refractivity (Wildman–Crippen MR) is 88.5 cm³/mol. The van der Waals surface area contributed by atoms with E-state index >= 15 is 0 Å². The Morgan fingerprint density at radius 2 is 2.09 bits per heavy atom. The molecule has 1 aliphatic rings. The fourth-order valence-electron chi connectivity index (χ4n) is 2.71. The first-order valence-corrected chi connectivity index (χ1v) is 7.91. The largest absolute Gasteiger partial charge is 0.496 e. The van der Waals surface area contributed by atoms with Gasteiger partial charge in [-0.05, 0) is 25.0 Å². The molecule has 0 radical (unpaired) electrons. The van der Waals surface area contributed by atoms with Gasteiger partial charge in [-0.1, -0.05) is 17.7 Å². The van der Waals surface area contributed by atoms with E-state index in [1.54, 1.807) is 26.1 Å². The lowest BCUT2D eigenvalue weighted by atomic mass is 10.0. The molecule has 2 amide bonds. The van der Waals surface area contributed by atoms with Crippen molar-refractivity contribution in [3.63, 3.8) is 0 Å². The Morgan fingerprint density at radius 3 is 2.68 bits per heavy atom. The number of carbonyl (C=O) groups is 1. The number of carbonyl (C=O) groups excluding carboxylic acids is 1. The standard InChI is InChI=1S/C16H24ClN3O2/c1-19(2)16(21)20-9-7-12(8-10-20)18-11-13-14(17)5-4-6-15(13)22-3/h4-6,12,18H,7-11H2,1-3H3. The van der Waals surface area contributed by atoms with Crippen molar-refractivity contribution in [3.8, 4) is 5.75 Å². The van der Waals surface area contributed by atoms with Crippen molar-refractivity contribution in [2.45, 2.75) is 25.4 Å². The van der Waals surface area contributed by atoms with E-state index in [1.165, 1.54) is 0 Å². The molecule has 5 nitrogen and oxygen atoms in total. The van der Waals surface area contributed by atoms with Crippen LogP contribution in [0.2, 0.25) is 5.02 Å². The van der Waals surface area contributed by atoms with Crippen molar-refractivity contribution in [1.29, 1.82) is 0 Å². The second kappa shape index (κ2) is 7.70. The van der Waals surface area contributed by atoms with E-state index in [9.17, 15) is 4.79 Å². The number of benzene rings is 1. The highest BCUT2D eigenvalue weighted by Crippen LogP contribution is 2.26. The van der Waals surface area contributed by atoms with E-state index in [0.717, 1.165) is 37.2 Å². The van der Waals surface area contributed by atoms with Gasteiger partial charge in [-0.2, -0.15) is 0 Å². The number of halogens is 1. The van der Waals surface area contributed by atoms with Gasteiger partial charge in [-0.15, -0.1) is 0 Å². The third kappa shape index (κ3) is 4.05. The van der Waals surface area contributed by atoms with Crippen LogP contribution in [0.1, 0.15) is 18.4 Å². The van der Waals surface area contributed by atoms with Gasteiger partial charge < -0.3 is 19.9 Å². The fraction of sp³-hybridized carbons (Fsp3) is 0.562. The summed E-state index contributed by atoms with van der Waals surface area (Å²) in [6.45, 7) is 2.25. The molecular weight excluding hydrogens is 302 g/mol. The first-order chi connectivity index (χ1) is 10.5. The summed E-state index contributed by atoms with van der Waals surface area (Å²) in [5, 5.41) is 4.24. The van der Waals surface area contributed by atoms with E-state index in [-0.39, 0.29) is 6.03 Å². The Balaban J connectivity index is 1.86. The minimum atomic E-state index is 0.0891. The Bertz CT molecular complexity index is 514. The minimum Gasteiger partial charge on any atom is -0.496 e. The van der Waals surface area contributed by atoms with Crippen LogP contribution in [-0.2, 0) is 6.54 Å². The summed E-state index contributed by atoms with van der Waals surface area (Å²) in [4.78, 5) is 15.4. The minimum absolute atomic E-state index is 0.0891. The van der Waals surface area contributed by atoms with E-state index in [4.69, 9.17) is 16.3 Å². The second-order valence-electron chi connectivity index (χ2n) is 5.74. The van der Waals surface area contributed by atoms with Crippen LogP contribution in [0, 0.1) is 0 Å². The summed E-state index contributed by atoms with van der Waals surface area (Å²) in [6, 6.07) is 6.16. The van der Waals surface area contributed by atoms with Gasteiger partial charge >= 0.3 is 6.03 Å². The van der Waals surface area contributed by atoms with Crippen molar-refractivity contribution in [1.82, 2.24) is 15.1 Å². The molecule has 0 saturated carbocycles. The SMILES string of the molecule is COc1cccc(Cl)c1CNC1CCN(C(=O)N(C)C)CC1. The van der Waals surface area contributed by atoms with E-state index in [0.29, 0.717) is 17.6 Å². The summed E-state index contributed by atoms with van der Waals surface area (Å²) in [5.41, 5.74) is 0.985. The van der Waals surface area contributed by atoms with Crippen LogP contribution < -0.4 is 10.1 Å². The van der Waals surface area contributed by atoms with Gasteiger partial charge in [-0.3, -0.25) is 0 Å². The number of likely N-dealkylation sites (tertiary alicyclic amines) is 1. The summed E-state index contributed by atoms with van der Waals surface area (Å²) in [5.74, 6) is 0.806. The third-order valence-electron chi connectivity index (χ3n) is 4.01. The number of nitrogens with one attached hydrogen (secondary N) is 1. The van der Waals surface area contributed by atoms with Crippen LogP contribution >= 0.6 is 11.6 Å². The Hall–Kier alpha value is -1.46. The molecule has 1 N–H and O–H groups in total. The lowest BCUT2D eigenvalue weighted by Gasteiger charge is -2.34. The second-order valence-corrected chi connectivity index (χ2v) is 6.15. The highest BCUT2D eigenvalue weighted by molar-refractivity contribution is 6.31. The summed E-state index contributed by atoms with van der Waals surface area (Å²) < 4.78 is 5.36. The highest BCUT2D eigenvalue weighted by atomic mass is 35.5. The zero-order valence-electron chi connectivity index (χ0n) is 13.4. The molecule has 0 aromatic heterocycles. The average molecular weight is 326 g/mol. The molecule has 0 spiro atoms. The lowest BCUT2D eigenvalue weighted by Crippen LogP contribution is -2.47. The number of piperidine rings is 1. The molecule has 1 saturated heterocycles. The van der Waals surface area contributed by atoms with Gasteiger partial charge in [-0.25, -0.2) is 4.79 Å². The Labute approximate surface area is 137 Å². The number of hydrogen-bond donors (Lipinski definition) is 1. The maximum absolute atomic E-state index is 11.9. The monoisotopic (exact) mass is 325 g/mol. The van der Waals surface area contributed by atoms with Crippen LogP contribution in [0.25, 0.3) is 0 Å². The molecule has 2 rings (SSSR count). The van der Waals surface area contributed by atoms with Gasteiger partial charge in [0.05, 0.1) is 7.11 Å². The molecule has 1 aromatic carbocycles. The molecule has 1 heterocycles. The lowest BCUT2D eigenvalue weighted by molar-refractivity contribution is 0.152. The van der Waals surface area contributed by atoms with E-state index in [1.807, 2.05) is 23.1 Å². The van der Waals surface area contributed by atoms with E-state index < -0.39 is 0 Å². The molecule has 122 valence electrons. The zero-order chi connectivity index (χ0) is 16.1. The van der Waals surface area contributed by atoms with Crippen LogP contribution in [0.3, 0.4) is 0 Å². The number of methoxy groups -OCH3 is 1. The first-order valence-electron chi connectivity index (χ1n) is 7.54. The Morgan fingerprint density at radius 1 is 1.41 bits per heavy atom. The van der Waals surface area contributed by atoms with Crippen LogP contribution in [0.4, 0.5) is 4.79 Å². The third-order valence-corrected chi connectivity index (χ3v) is 4.37. The number of hydrogen-bond acceptors (Lipinski definition) is 3. The topological polar surface area (TPSA) is 44.8 Å². The fourth-order valence-corrected chi connectivity index (χ4v) is 2.94. The normalized spacial score (nSPS) is 15.7. The van der Waals surface area contributed by atoms with Crippen molar-refractivity contribution in [2.75, 3.05) is 34.3 Å². The number of rotatable bonds is 4. The molecule has 0 unspecified atom stereocenters. The molecule has 0 atom stereocenters. The van der Waals surface area contributed by atoms with E-state index in [2.05, 4.69) is 5.32 Å². The smallest absolute Gasteiger partial charge is 0.319 e. The van der Waals surface area contributed by atoms with Gasteiger partial charge in [0.1, 0.15) is 5.75 Å². The van der Waals surface area contributed by atoms with Crippen molar-refractivity contribution in [3.05, 3.63) is 28.8 Å². The number of ether oxygens (including phenoxy) is 1. The zero-order valence-corrected chi connectivity index (χ0v) is 14.2. The molecule has 1 aromatic rings. The van der Waals surface area contributed by atoms with Crippen molar-refractivity contribution >= 4 is 17.6 Å². The molecule has 0 aliphatic carbocycles. The summed E-state index contributed by atoms with van der Waals surface area (Å²) in [6.07, 6.45) is 1.90. The van der Waals surface area contributed by atoms with Crippen molar-refractivity contribution in [2.24, 2.45) is 0 Å². The maximum Gasteiger partial charge on any atom is 0.319 e. The molecular formula is C16H24ClN3O2.